The highest BCUT2D eigenvalue weighted by atomic mass is 16.3. The van der Waals surface area contributed by atoms with Crippen molar-refractivity contribution in [2.75, 3.05) is 19.6 Å². The number of hydrogen-bond acceptors (Lipinski definition) is 3. The molecule has 0 amide bonds. The van der Waals surface area contributed by atoms with Crippen molar-refractivity contribution in [1.29, 1.82) is 0 Å². The molecule has 0 aromatic heterocycles. The Morgan fingerprint density at radius 2 is 1.95 bits per heavy atom. The van der Waals surface area contributed by atoms with Gasteiger partial charge in [-0.05, 0) is 37.6 Å². The van der Waals surface area contributed by atoms with E-state index >= 15 is 0 Å². The van der Waals surface area contributed by atoms with Crippen molar-refractivity contribution < 1.29 is 5.11 Å². The van der Waals surface area contributed by atoms with Crippen LogP contribution in [0.4, 0.5) is 0 Å². The highest BCUT2D eigenvalue weighted by Gasteiger charge is 2.28. The van der Waals surface area contributed by atoms with E-state index in [9.17, 15) is 5.11 Å². The van der Waals surface area contributed by atoms with E-state index in [0.717, 1.165) is 37.9 Å². The molecule has 1 heterocycles. The second-order valence-corrected chi connectivity index (χ2v) is 6.72. The van der Waals surface area contributed by atoms with Crippen LogP contribution in [0.15, 0.2) is 0 Å². The van der Waals surface area contributed by atoms with Crippen molar-refractivity contribution in [3.63, 3.8) is 0 Å². The van der Waals surface area contributed by atoms with Gasteiger partial charge in [0.15, 0.2) is 0 Å². The quantitative estimate of drug-likeness (QED) is 0.777. The van der Waals surface area contributed by atoms with E-state index in [1.54, 1.807) is 0 Å². The normalized spacial score (nSPS) is 31.7. The van der Waals surface area contributed by atoms with E-state index in [4.69, 9.17) is 5.73 Å². The van der Waals surface area contributed by atoms with Crippen molar-refractivity contribution in [2.24, 2.45) is 17.6 Å². The van der Waals surface area contributed by atoms with Crippen molar-refractivity contribution >= 4 is 0 Å². The molecular weight excluding hydrogens is 236 g/mol. The van der Waals surface area contributed by atoms with Gasteiger partial charge in [0.05, 0.1) is 6.10 Å². The molecule has 3 N–H and O–H groups in total. The summed E-state index contributed by atoms with van der Waals surface area (Å²) in [6.45, 7) is 4.99. The summed E-state index contributed by atoms with van der Waals surface area (Å²) in [4.78, 5) is 2.45. The lowest BCUT2D eigenvalue weighted by Gasteiger charge is -2.40. The molecule has 0 bridgehead atoms. The molecule has 0 aromatic carbocycles. The predicted octanol–water partition coefficient (Wildman–Crippen LogP) is 2.38. The van der Waals surface area contributed by atoms with Crippen LogP contribution in [-0.2, 0) is 0 Å². The van der Waals surface area contributed by atoms with Crippen LogP contribution >= 0.6 is 0 Å². The maximum absolute atomic E-state index is 10.3. The number of aliphatic hydroxyl groups is 1. The number of aliphatic hydroxyl groups excluding tert-OH is 1. The average molecular weight is 268 g/mol. The number of hydrogen-bond donors (Lipinski definition) is 2. The molecule has 3 atom stereocenters. The number of likely N-dealkylation sites (tertiary alicyclic amines) is 1. The van der Waals surface area contributed by atoms with E-state index in [1.807, 2.05) is 0 Å². The number of nitrogens with zero attached hydrogens (tertiary/aromatic N) is 1. The minimum atomic E-state index is -0.143. The summed E-state index contributed by atoms with van der Waals surface area (Å²) in [5.74, 6) is 1.62. The van der Waals surface area contributed by atoms with Gasteiger partial charge in [0, 0.05) is 19.1 Å². The molecule has 19 heavy (non-hydrogen) atoms. The third kappa shape index (κ3) is 4.44. The van der Waals surface area contributed by atoms with Gasteiger partial charge in [-0.1, -0.05) is 39.0 Å². The molecule has 112 valence electrons. The van der Waals surface area contributed by atoms with Crippen LogP contribution in [0.25, 0.3) is 0 Å². The van der Waals surface area contributed by atoms with Crippen molar-refractivity contribution in [3.05, 3.63) is 0 Å². The van der Waals surface area contributed by atoms with Gasteiger partial charge in [-0.15, -0.1) is 0 Å². The summed E-state index contributed by atoms with van der Waals surface area (Å²) in [5, 5.41) is 10.3. The zero-order valence-corrected chi connectivity index (χ0v) is 12.6. The molecule has 0 spiro atoms. The van der Waals surface area contributed by atoms with Gasteiger partial charge in [-0.2, -0.15) is 0 Å². The number of nitrogens with two attached hydrogens (primary N) is 1. The van der Waals surface area contributed by atoms with Crippen LogP contribution < -0.4 is 5.73 Å². The zero-order valence-electron chi connectivity index (χ0n) is 12.6. The maximum atomic E-state index is 10.3. The Morgan fingerprint density at radius 3 is 2.58 bits per heavy atom. The highest BCUT2D eigenvalue weighted by molar-refractivity contribution is 4.84. The monoisotopic (exact) mass is 268 g/mol. The fourth-order valence-corrected chi connectivity index (χ4v) is 4.02. The van der Waals surface area contributed by atoms with Crippen LogP contribution in [0.1, 0.15) is 58.3 Å². The molecule has 3 heteroatoms. The number of rotatable bonds is 6. The lowest BCUT2D eigenvalue weighted by atomic mass is 9.88. The first-order valence-electron chi connectivity index (χ1n) is 8.35. The second-order valence-electron chi connectivity index (χ2n) is 6.72. The Balaban J connectivity index is 1.76. The van der Waals surface area contributed by atoms with E-state index in [0.29, 0.717) is 6.04 Å². The van der Waals surface area contributed by atoms with Crippen LogP contribution in [0.5, 0.6) is 0 Å². The topological polar surface area (TPSA) is 49.5 Å². The number of β-amino-alcohol motifs (C(OH)–C–C–N with tert-alkyl or cyclic N) is 1. The second kappa shape index (κ2) is 7.61. The fraction of sp³-hybridized carbons (Fsp3) is 1.00. The molecule has 3 unspecified atom stereocenters. The zero-order chi connectivity index (χ0) is 13.7. The smallest absolute Gasteiger partial charge is 0.0669 e. The standard InChI is InChI=1S/C16H32N2O/c1-2-13-7-8-18(15(9-13)11-17)12-16(19)10-14-5-3-4-6-14/h13-16,19H,2-12,17H2,1H3. The highest BCUT2D eigenvalue weighted by Crippen LogP contribution is 2.30. The molecule has 0 aromatic rings. The molecule has 3 nitrogen and oxygen atoms in total. The van der Waals surface area contributed by atoms with Crippen LogP contribution in [0.2, 0.25) is 0 Å². The summed E-state index contributed by atoms with van der Waals surface area (Å²) in [6, 6.07) is 0.497. The Labute approximate surface area is 118 Å². The summed E-state index contributed by atoms with van der Waals surface area (Å²) in [6.07, 6.45) is 10.0. The minimum Gasteiger partial charge on any atom is -0.392 e. The first kappa shape index (κ1) is 15.3. The molecule has 0 radical (unpaired) electrons. The summed E-state index contributed by atoms with van der Waals surface area (Å²) >= 11 is 0. The summed E-state index contributed by atoms with van der Waals surface area (Å²) in [7, 11) is 0. The van der Waals surface area contributed by atoms with Gasteiger partial charge in [-0.3, -0.25) is 4.90 Å². The Hall–Kier alpha value is -0.120. The van der Waals surface area contributed by atoms with Gasteiger partial charge in [0.2, 0.25) is 0 Å². The van der Waals surface area contributed by atoms with E-state index in [2.05, 4.69) is 11.8 Å². The third-order valence-corrected chi connectivity index (χ3v) is 5.32. The molecule has 1 aliphatic carbocycles. The predicted molar refractivity (Wildman–Crippen MR) is 80.0 cm³/mol. The first-order chi connectivity index (χ1) is 9.22. The van der Waals surface area contributed by atoms with Crippen molar-refractivity contribution in [3.8, 4) is 0 Å². The number of piperidine rings is 1. The van der Waals surface area contributed by atoms with E-state index in [-0.39, 0.29) is 6.10 Å². The van der Waals surface area contributed by atoms with E-state index in [1.165, 1.54) is 44.9 Å². The Bertz CT molecular complexity index is 253. The average Bonchev–Trinajstić information content (AvgIpc) is 2.91. The minimum absolute atomic E-state index is 0.143. The van der Waals surface area contributed by atoms with Gasteiger partial charge < -0.3 is 10.8 Å². The lowest BCUT2D eigenvalue weighted by molar-refractivity contribution is 0.0426. The van der Waals surface area contributed by atoms with Gasteiger partial charge in [0.1, 0.15) is 0 Å². The first-order valence-corrected chi connectivity index (χ1v) is 8.35. The molecular formula is C16H32N2O. The van der Waals surface area contributed by atoms with Crippen LogP contribution in [0.3, 0.4) is 0 Å². The van der Waals surface area contributed by atoms with Crippen molar-refractivity contribution in [1.82, 2.24) is 4.90 Å². The molecule has 1 saturated carbocycles. The lowest BCUT2D eigenvalue weighted by Crippen LogP contribution is -2.49. The van der Waals surface area contributed by atoms with Crippen molar-refractivity contribution in [2.45, 2.75) is 70.4 Å². The van der Waals surface area contributed by atoms with Crippen LogP contribution in [0, 0.1) is 11.8 Å². The molecule has 1 aliphatic heterocycles. The van der Waals surface area contributed by atoms with Gasteiger partial charge in [0.25, 0.3) is 0 Å². The van der Waals surface area contributed by atoms with Gasteiger partial charge in [-0.25, -0.2) is 0 Å². The Kier molecular flexibility index (Phi) is 6.11. The fourth-order valence-electron chi connectivity index (χ4n) is 4.02. The molecule has 2 aliphatic rings. The molecule has 2 fully saturated rings. The van der Waals surface area contributed by atoms with Crippen LogP contribution in [-0.4, -0.2) is 41.8 Å². The molecule has 1 saturated heterocycles. The van der Waals surface area contributed by atoms with E-state index < -0.39 is 0 Å². The third-order valence-electron chi connectivity index (χ3n) is 5.32. The summed E-state index contributed by atoms with van der Waals surface area (Å²) in [5.41, 5.74) is 5.93. The van der Waals surface area contributed by atoms with Gasteiger partial charge >= 0.3 is 0 Å². The largest absolute Gasteiger partial charge is 0.392 e. The Morgan fingerprint density at radius 1 is 1.21 bits per heavy atom. The maximum Gasteiger partial charge on any atom is 0.0669 e. The summed E-state index contributed by atoms with van der Waals surface area (Å²) < 4.78 is 0. The molecule has 2 rings (SSSR count). The SMILES string of the molecule is CCC1CCN(CC(O)CC2CCCC2)C(CN)C1.